The lowest BCUT2D eigenvalue weighted by Gasteiger charge is -2.05. The maximum absolute atomic E-state index is 9.88. The van der Waals surface area contributed by atoms with Gasteiger partial charge < -0.3 is 5.11 Å². The van der Waals surface area contributed by atoms with Crippen molar-refractivity contribution >= 4 is 6.29 Å². The molecule has 0 saturated carbocycles. The Balaban J connectivity index is 3.26. The van der Waals surface area contributed by atoms with E-state index in [0.717, 1.165) is 19.1 Å². The fourth-order valence-electron chi connectivity index (χ4n) is 1.04. The van der Waals surface area contributed by atoms with E-state index in [0.29, 0.717) is 6.42 Å². The van der Waals surface area contributed by atoms with Gasteiger partial charge in [0, 0.05) is 0 Å². The van der Waals surface area contributed by atoms with E-state index in [-0.39, 0.29) is 6.10 Å². The lowest BCUT2D eigenvalue weighted by atomic mass is 10.1. The van der Waals surface area contributed by atoms with Crippen molar-refractivity contribution in [3.63, 3.8) is 0 Å². The van der Waals surface area contributed by atoms with Gasteiger partial charge >= 0.3 is 0 Å². The third kappa shape index (κ3) is 7.48. The summed E-state index contributed by atoms with van der Waals surface area (Å²) in [4.78, 5) is 9.88. The summed E-state index contributed by atoms with van der Waals surface area (Å²) in [7, 11) is 0. The Hall–Kier alpha value is -0.630. The number of aliphatic hydroxyl groups is 1. The number of allylic oxidation sites excluding steroid dienone is 1. The molecule has 0 aromatic carbocycles. The van der Waals surface area contributed by atoms with Crippen LogP contribution in [-0.2, 0) is 4.79 Å². The minimum atomic E-state index is -0.271. The topological polar surface area (TPSA) is 37.3 Å². The molecule has 12 heavy (non-hydrogen) atoms. The van der Waals surface area contributed by atoms with Gasteiger partial charge in [-0.15, -0.1) is 0 Å². The fourth-order valence-corrected chi connectivity index (χ4v) is 1.04. The van der Waals surface area contributed by atoms with E-state index in [2.05, 4.69) is 6.92 Å². The molecule has 0 rings (SSSR count). The summed E-state index contributed by atoms with van der Waals surface area (Å²) in [5, 5.41) is 9.34. The third-order valence-electron chi connectivity index (χ3n) is 1.76. The highest BCUT2D eigenvalue weighted by Gasteiger charge is 1.99. The molecule has 0 radical (unpaired) electrons. The summed E-state index contributed by atoms with van der Waals surface area (Å²) in [6.45, 7) is 2.14. The molecular formula is C10H18O2. The zero-order chi connectivity index (χ0) is 9.23. The monoisotopic (exact) mass is 170 g/mol. The summed E-state index contributed by atoms with van der Waals surface area (Å²) in [5.74, 6) is 0. The van der Waals surface area contributed by atoms with Crippen LogP contribution in [0.4, 0.5) is 0 Å². The number of carbonyl (C=O) groups is 1. The van der Waals surface area contributed by atoms with Crippen LogP contribution in [0.25, 0.3) is 0 Å². The number of carbonyl (C=O) groups excluding carboxylic acids is 1. The third-order valence-corrected chi connectivity index (χ3v) is 1.76. The predicted molar refractivity (Wildman–Crippen MR) is 50.0 cm³/mol. The van der Waals surface area contributed by atoms with Gasteiger partial charge in [-0.25, -0.2) is 0 Å². The van der Waals surface area contributed by atoms with E-state index in [1.54, 1.807) is 6.08 Å². The van der Waals surface area contributed by atoms with Crippen LogP contribution in [0.1, 0.15) is 39.0 Å². The van der Waals surface area contributed by atoms with E-state index < -0.39 is 0 Å². The zero-order valence-corrected chi connectivity index (χ0v) is 7.70. The fraction of sp³-hybridized carbons (Fsp3) is 0.700. The molecule has 0 heterocycles. The van der Waals surface area contributed by atoms with Crippen molar-refractivity contribution in [3.05, 3.63) is 12.2 Å². The van der Waals surface area contributed by atoms with Crippen LogP contribution in [0.5, 0.6) is 0 Å². The van der Waals surface area contributed by atoms with Crippen LogP contribution in [-0.4, -0.2) is 17.5 Å². The number of hydrogen-bond acceptors (Lipinski definition) is 2. The molecule has 0 spiro atoms. The Morgan fingerprint density at radius 1 is 1.42 bits per heavy atom. The highest BCUT2D eigenvalue weighted by atomic mass is 16.3. The minimum Gasteiger partial charge on any atom is -0.393 e. The van der Waals surface area contributed by atoms with E-state index >= 15 is 0 Å². The first-order chi connectivity index (χ1) is 5.81. The van der Waals surface area contributed by atoms with Crippen LogP contribution in [0.3, 0.4) is 0 Å². The quantitative estimate of drug-likeness (QED) is 0.361. The van der Waals surface area contributed by atoms with E-state index in [9.17, 15) is 9.90 Å². The van der Waals surface area contributed by atoms with Crippen molar-refractivity contribution < 1.29 is 9.90 Å². The van der Waals surface area contributed by atoms with Gasteiger partial charge in [-0.05, 0) is 18.9 Å². The first kappa shape index (κ1) is 11.4. The number of rotatable bonds is 7. The first-order valence-corrected chi connectivity index (χ1v) is 4.59. The summed E-state index contributed by atoms with van der Waals surface area (Å²) >= 11 is 0. The Morgan fingerprint density at radius 2 is 2.17 bits per heavy atom. The van der Waals surface area contributed by atoms with E-state index in [1.165, 1.54) is 18.9 Å². The Kier molecular flexibility index (Phi) is 8.02. The molecule has 0 saturated heterocycles. The van der Waals surface area contributed by atoms with Gasteiger partial charge in [0.2, 0.25) is 0 Å². The molecule has 0 fully saturated rings. The van der Waals surface area contributed by atoms with Crippen molar-refractivity contribution in [1.82, 2.24) is 0 Å². The van der Waals surface area contributed by atoms with Crippen molar-refractivity contribution in [2.75, 3.05) is 0 Å². The van der Waals surface area contributed by atoms with Crippen LogP contribution in [0.2, 0.25) is 0 Å². The highest BCUT2D eigenvalue weighted by Crippen LogP contribution is 2.06. The molecule has 0 aromatic heterocycles. The summed E-state index contributed by atoms with van der Waals surface area (Å²) < 4.78 is 0. The average molecular weight is 170 g/mol. The Bertz CT molecular complexity index is 130. The summed E-state index contributed by atoms with van der Waals surface area (Å²) in [6, 6.07) is 0. The van der Waals surface area contributed by atoms with E-state index in [1.807, 2.05) is 0 Å². The number of aldehydes is 1. The van der Waals surface area contributed by atoms with Gasteiger partial charge in [0.05, 0.1) is 6.10 Å². The summed E-state index contributed by atoms with van der Waals surface area (Å²) in [5.41, 5.74) is 0. The smallest absolute Gasteiger partial charge is 0.142 e. The van der Waals surface area contributed by atoms with Crippen molar-refractivity contribution in [3.8, 4) is 0 Å². The molecular weight excluding hydrogens is 152 g/mol. The largest absolute Gasteiger partial charge is 0.393 e. The van der Waals surface area contributed by atoms with Gasteiger partial charge in [0.1, 0.15) is 6.29 Å². The summed E-state index contributed by atoms with van der Waals surface area (Å²) in [6.07, 6.45) is 8.48. The lowest BCUT2D eigenvalue weighted by Crippen LogP contribution is -2.04. The second-order valence-corrected chi connectivity index (χ2v) is 2.95. The second kappa shape index (κ2) is 8.47. The molecule has 2 heteroatoms. The Morgan fingerprint density at radius 3 is 2.75 bits per heavy atom. The molecule has 0 aromatic rings. The van der Waals surface area contributed by atoms with Crippen molar-refractivity contribution in [2.45, 2.75) is 45.1 Å². The first-order valence-electron chi connectivity index (χ1n) is 4.59. The van der Waals surface area contributed by atoms with Crippen molar-refractivity contribution in [1.29, 1.82) is 0 Å². The van der Waals surface area contributed by atoms with Gasteiger partial charge in [0.25, 0.3) is 0 Å². The van der Waals surface area contributed by atoms with Gasteiger partial charge in [-0.3, -0.25) is 4.79 Å². The van der Waals surface area contributed by atoms with Crippen LogP contribution in [0.15, 0.2) is 12.2 Å². The Labute approximate surface area is 74.3 Å². The molecule has 0 aliphatic rings. The maximum atomic E-state index is 9.88. The molecule has 1 atom stereocenters. The molecule has 0 amide bonds. The number of hydrogen-bond donors (Lipinski definition) is 1. The number of aliphatic hydroxyl groups excluding tert-OH is 1. The minimum absolute atomic E-state index is 0.271. The van der Waals surface area contributed by atoms with Crippen LogP contribution in [0, 0.1) is 0 Å². The molecule has 1 unspecified atom stereocenters. The van der Waals surface area contributed by atoms with Gasteiger partial charge in [0.15, 0.2) is 0 Å². The SMILES string of the molecule is CCCCCC(O)CC=CC=O. The van der Waals surface area contributed by atoms with Gasteiger partial charge in [-0.2, -0.15) is 0 Å². The highest BCUT2D eigenvalue weighted by molar-refractivity contribution is 5.64. The maximum Gasteiger partial charge on any atom is 0.142 e. The van der Waals surface area contributed by atoms with Crippen molar-refractivity contribution in [2.24, 2.45) is 0 Å². The van der Waals surface area contributed by atoms with Gasteiger partial charge in [-0.1, -0.05) is 32.3 Å². The lowest BCUT2D eigenvalue weighted by molar-refractivity contribution is -0.104. The van der Waals surface area contributed by atoms with Crippen LogP contribution >= 0.6 is 0 Å². The van der Waals surface area contributed by atoms with Crippen LogP contribution < -0.4 is 0 Å². The normalized spacial score (nSPS) is 13.5. The van der Waals surface area contributed by atoms with E-state index in [4.69, 9.17) is 0 Å². The number of unbranched alkanes of at least 4 members (excludes halogenated alkanes) is 2. The molecule has 70 valence electrons. The standard InChI is InChI=1S/C10H18O2/c1-2-3-4-7-10(12)8-5-6-9-11/h5-6,9-10,12H,2-4,7-8H2,1H3. The molecule has 0 aliphatic carbocycles. The molecule has 0 bridgehead atoms. The second-order valence-electron chi connectivity index (χ2n) is 2.95. The average Bonchev–Trinajstić information content (AvgIpc) is 2.06. The molecule has 2 nitrogen and oxygen atoms in total. The zero-order valence-electron chi connectivity index (χ0n) is 7.70. The molecule has 0 aliphatic heterocycles. The predicted octanol–water partition coefficient (Wildman–Crippen LogP) is 2.07. The molecule has 1 N–H and O–H groups in total.